The van der Waals surface area contributed by atoms with Gasteiger partial charge in [-0.25, -0.2) is 0 Å². The third-order valence-electron chi connectivity index (χ3n) is 3.48. The molecule has 0 amide bonds. The predicted octanol–water partition coefficient (Wildman–Crippen LogP) is 1.77. The van der Waals surface area contributed by atoms with Crippen molar-refractivity contribution in [2.75, 3.05) is 0 Å². The highest BCUT2D eigenvalue weighted by atomic mass is 16.3. The molecule has 2 aliphatic rings. The Bertz CT molecular complexity index is 183. The highest BCUT2D eigenvalue weighted by Crippen LogP contribution is 2.40. The lowest BCUT2D eigenvalue weighted by atomic mass is 9.93. The van der Waals surface area contributed by atoms with Gasteiger partial charge in [0.15, 0.2) is 0 Å². The summed E-state index contributed by atoms with van der Waals surface area (Å²) < 4.78 is 0. The minimum Gasteiger partial charge on any atom is -0.393 e. The molecule has 2 bridgehead atoms. The Labute approximate surface area is 80.9 Å². The van der Waals surface area contributed by atoms with Crippen molar-refractivity contribution in [3.63, 3.8) is 0 Å². The number of aliphatic hydroxyl groups is 1. The second kappa shape index (κ2) is 2.96. The molecule has 0 aromatic heterocycles. The molecular weight excluding hydrogens is 162 g/mol. The average molecular weight is 183 g/mol. The van der Waals surface area contributed by atoms with E-state index in [1.807, 2.05) is 0 Å². The minimum atomic E-state index is -0.0314. The molecular formula is C11H21NO. The van der Waals surface area contributed by atoms with Crippen LogP contribution < -0.4 is 0 Å². The standard InChI is InChI=1S/C11H21NO/c1-11(2,3)12-8-4-5-9(12)7-10(13)6-8/h8-10,13H,4-7H2,1-3H3. The van der Waals surface area contributed by atoms with E-state index in [1.54, 1.807) is 0 Å². The van der Waals surface area contributed by atoms with E-state index in [-0.39, 0.29) is 11.6 Å². The van der Waals surface area contributed by atoms with Gasteiger partial charge < -0.3 is 5.11 Å². The van der Waals surface area contributed by atoms with E-state index in [2.05, 4.69) is 25.7 Å². The number of aliphatic hydroxyl groups excluding tert-OH is 1. The Morgan fingerprint density at radius 2 is 1.54 bits per heavy atom. The topological polar surface area (TPSA) is 23.5 Å². The van der Waals surface area contributed by atoms with Gasteiger partial charge in [0.1, 0.15) is 0 Å². The van der Waals surface area contributed by atoms with Gasteiger partial charge in [-0.15, -0.1) is 0 Å². The van der Waals surface area contributed by atoms with Crippen molar-refractivity contribution in [1.82, 2.24) is 4.90 Å². The van der Waals surface area contributed by atoms with Crippen LogP contribution in [0.4, 0.5) is 0 Å². The van der Waals surface area contributed by atoms with Gasteiger partial charge in [-0.2, -0.15) is 0 Å². The first-order valence-corrected chi connectivity index (χ1v) is 5.45. The molecule has 1 N–H and O–H groups in total. The van der Waals surface area contributed by atoms with Crippen LogP contribution in [-0.4, -0.2) is 33.7 Å². The van der Waals surface area contributed by atoms with Crippen molar-refractivity contribution < 1.29 is 5.11 Å². The molecule has 2 saturated heterocycles. The fourth-order valence-corrected chi connectivity index (χ4v) is 3.24. The van der Waals surface area contributed by atoms with Gasteiger partial charge in [-0.1, -0.05) is 0 Å². The maximum atomic E-state index is 9.65. The minimum absolute atomic E-state index is 0.0314. The van der Waals surface area contributed by atoms with Crippen LogP contribution in [0.5, 0.6) is 0 Å². The van der Waals surface area contributed by atoms with E-state index < -0.39 is 0 Å². The summed E-state index contributed by atoms with van der Waals surface area (Å²) in [5.41, 5.74) is 0.284. The zero-order chi connectivity index (χ0) is 9.64. The zero-order valence-corrected chi connectivity index (χ0v) is 8.95. The lowest BCUT2D eigenvalue weighted by Gasteiger charge is -2.45. The highest BCUT2D eigenvalue weighted by Gasteiger charge is 2.44. The van der Waals surface area contributed by atoms with E-state index in [0.29, 0.717) is 12.1 Å². The van der Waals surface area contributed by atoms with Crippen molar-refractivity contribution in [3.8, 4) is 0 Å². The average Bonchev–Trinajstić information content (AvgIpc) is 2.23. The Balaban J connectivity index is 2.15. The van der Waals surface area contributed by atoms with Gasteiger partial charge in [-0.05, 0) is 46.5 Å². The van der Waals surface area contributed by atoms with Crippen molar-refractivity contribution in [2.45, 2.75) is 70.2 Å². The smallest absolute Gasteiger partial charge is 0.0570 e. The van der Waals surface area contributed by atoms with E-state index in [0.717, 1.165) is 12.8 Å². The zero-order valence-electron chi connectivity index (χ0n) is 8.95. The second-order valence-electron chi connectivity index (χ2n) is 5.59. The molecule has 2 heteroatoms. The summed E-state index contributed by atoms with van der Waals surface area (Å²) in [6, 6.07) is 1.29. The van der Waals surface area contributed by atoms with Crippen molar-refractivity contribution in [1.29, 1.82) is 0 Å². The molecule has 0 aromatic rings. The number of hydrogen-bond acceptors (Lipinski definition) is 2. The van der Waals surface area contributed by atoms with Crippen molar-refractivity contribution >= 4 is 0 Å². The monoisotopic (exact) mass is 183 g/mol. The first-order chi connectivity index (χ1) is 5.98. The third kappa shape index (κ3) is 1.62. The molecule has 2 rings (SSSR count). The molecule has 2 atom stereocenters. The summed E-state index contributed by atoms with van der Waals surface area (Å²) >= 11 is 0. The third-order valence-corrected chi connectivity index (χ3v) is 3.48. The SMILES string of the molecule is CC(C)(C)N1C2CCC1CC(O)C2. The lowest BCUT2D eigenvalue weighted by molar-refractivity contribution is -0.0138. The summed E-state index contributed by atoms with van der Waals surface area (Å²) in [5.74, 6) is 0. The predicted molar refractivity (Wildman–Crippen MR) is 53.6 cm³/mol. The maximum absolute atomic E-state index is 9.65. The number of nitrogens with zero attached hydrogens (tertiary/aromatic N) is 1. The molecule has 76 valence electrons. The van der Waals surface area contributed by atoms with E-state index in [9.17, 15) is 5.11 Å². The quantitative estimate of drug-likeness (QED) is 0.618. The molecule has 0 aromatic carbocycles. The lowest BCUT2D eigenvalue weighted by Crippen LogP contribution is -2.53. The van der Waals surface area contributed by atoms with Crippen LogP contribution in [-0.2, 0) is 0 Å². The van der Waals surface area contributed by atoms with Crippen molar-refractivity contribution in [3.05, 3.63) is 0 Å². The molecule has 2 fully saturated rings. The summed E-state index contributed by atoms with van der Waals surface area (Å²) in [5, 5.41) is 9.65. The molecule has 13 heavy (non-hydrogen) atoms. The van der Waals surface area contributed by atoms with Crippen LogP contribution >= 0.6 is 0 Å². The number of rotatable bonds is 0. The van der Waals surface area contributed by atoms with Gasteiger partial charge in [0, 0.05) is 17.6 Å². The molecule has 0 aliphatic carbocycles. The maximum Gasteiger partial charge on any atom is 0.0570 e. The fourth-order valence-electron chi connectivity index (χ4n) is 3.24. The van der Waals surface area contributed by atoms with Crippen LogP contribution in [0.15, 0.2) is 0 Å². The van der Waals surface area contributed by atoms with E-state index >= 15 is 0 Å². The second-order valence-corrected chi connectivity index (χ2v) is 5.59. The van der Waals surface area contributed by atoms with Gasteiger partial charge in [0.25, 0.3) is 0 Å². The Kier molecular flexibility index (Phi) is 2.16. The fraction of sp³-hybridized carbons (Fsp3) is 1.00. The van der Waals surface area contributed by atoms with Gasteiger partial charge in [0.2, 0.25) is 0 Å². The molecule has 2 aliphatic heterocycles. The van der Waals surface area contributed by atoms with Crippen molar-refractivity contribution in [2.24, 2.45) is 0 Å². The molecule has 2 heterocycles. The van der Waals surface area contributed by atoms with Crippen LogP contribution in [0, 0.1) is 0 Å². The molecule has 2 unspecified atom stereocenters. The number of piperidine rings is 1. The number of hydrogen-bond donors (Lipinski definition) is 1. The van der Waals surface area contributed by atoms with Gasteiger partial charge in [-0.3, -0.25) is 4.90 Å². The molecule has 2 nitrogen and oxygen atoms in total. The van der Waals surface area contributed by atoms with Gasteiger partial charge in [0.05, 0.1) is 6.10 Å². The molecule has 0 saturated carbocycles. The Hall–Kier alpha value is -0.0800. The summed E-state index contributed by atoms with van der Waals surface area (Å²) in [6.45, 7) is 6.86. The van der Waals surface area contributed by atoms with Gasteiger partial charge >= 0.3 is 0 Å². The first-order valence-electron chi connectivity index (χ1n) is 5.45. The van der Waals surface area contributed by atoms with E-state index in [1.165, 1.54) is 12.8 Å². The largest absolute Gasteiger partial charge is 0.393 e. The van der Waals surface area contributed by atoms with Crippen LogP contribution in [0.25, 0.3) is 0 Å². The van der Waals surface area contributed by atoms with Crippen LogP contribution in [0.1, 0.15) is 46.5 Å². The number of fused-ring (bicyclic) bond motifs is 2. The first kappa shape index (κ1) is 9.47. The van der Waals surface area contributed by atoms with Crippen LogP contribution in [0.3, 0.4) is 0 Å². The normalized spacial score (nSPS) is 41.1. The Morgan fingerprint density at radius 1 is 1.08 bits per heavy atom. The Morgan fingerprint density at radius 3 is 1.92 bits per heavy atom. The summed E-state index contributed by atoms with van der Waals surface area (Å²) in [4.78, 5) is 2.62. The summed E-state index contributed by atoms with van der Waals surface area (Å²) in [7, 11) is 0. The highest BCUT2D eigenvalue weighted by molar-refractivity contribution is 4.99. The molecule has 0 radical (unpaired) electrons. The molecule has 0 spiro atoms. The summed E-state index contributed by atoms with van der Waals surface area (Å²) in [6.07, 6.45) is 4.54. The van der Waals surface area contributed by atoms with E-state index in [4.69, 9.17) is 0 Å². The van der Waals surface area contributed by atoms with Crippen LogP contribution in [0.2, 0.25) is 0 Å².